The summed E-state index contributed by atoms with van der Waals surface area (Å²) < 4.78 is 0. The van der Waals surface area contributed by atoms with Crippen LogP contribution < -0.4 is 21.7 Å². The van der Waals surface area contributed by atoms with Crippen molar-refractivity contribution in [2.45, 2.75) is 91.1 Å². The number of hydrogen-bond acceptors (Lipinski definition) is 8. The van der Waals surface area contributed by atoms with E-state index in [-0.39, 0.29) is 46.5 Å². The van der Waals surface area contributed by atoms with Crippen LogP contribution in [0, 0.1) is 0 Å². The zero-order valence-electron chi connectivity index (χ0n) is 23.5. The van der Waals surface area contributed by atoms with Crippen LogP contribution in [0.5, 0.6) is 0 Å². The Morgan fingerprint density at radius 3 is 1.74 bits per heavy atom. The summed E-state index contributed by atoms with van der Waals surface area (Å²) in [7, 11) is 0. The van der Waals surface area contributed by atoms with Gasteiger partial charge in [-0.15, -0.1) is 0 Å². The average molecular weight is 602 g/mol. The molecule has 4 rings (SSSR count). The maximum atomic E-state index is 11.8. The largest absolute Gasteiger partial charge is 0.361 e. The van der Waals surface area contributed by atoms with Crippen molar-refractivity contribution in [3.63, 3.8) is 0 Å². The minimum absolute atomic E-state index is 0.0611. The molecule has 0 bridgehead atoms. The zero-order valence-corrected chi connectivity index (χ0v) is 25.7. The molecule has 216 valence electrons. The number of nitrogens with zero attached hydrogens (tertiary/aromatic N) is 4. The average Bonchev–Trinajstić information content (AvgIpc) is 3.45. The molecule has 0 fully saturated rings. The predicted octanol–water partition coefficient (Wildman–Crippen LogP) is 4.08. The van der Waals surface area contributed by atoms with E-state index in [4.69, 9.17) is 40.5 Å². The molecule has 2 amide bonds. The summed E-state index contributed by atoms with van der Waals surface area (Å²) in [5, 5.41) is 9.68. The van der Waals surface area contributed by atoms with Crippen LogP contribution in [0.3, 0.4) is 0 Å². The number of rotatable bonds is 4. The first-order valence-electron chi connectivity index (χ1n) is 12.9. The van der Waals surface area contributed by atoms with E-state index in [1.807, 2.05) is 41.5 Å². The fourth-order valence-corrected chi connectivity index (χ4v) is 4.70. The van der Waals surface area contributed by atoms with Crippen molar-refractivity contribution in [2.24, 2.45) is 5.73 Å². The lowest BCUT2D eigenvalue weighted by Gasteiger charge is -2.21. The molecule has 2 aliphatic rings. The van der Waals surface area contributed by atoms with Gasteiger partial charge >= 0.3 is 0 Å². The number of anilines is 1. The van der Waals surface area contributed by atoms with Gasteiger partial charge in [0.25, 0.3) is 0 Å². The number of nitrogens with one attached hydrogen (secondary N) is 3. The highest BCUT2D eigenvalue weighted by Crippen LogP contribution is 2.28. The molecule has 0 aromatic carbocycles. The molecule has 2 aliphatic carbocycles. The van der Waals surface area contributed by atoms with E-state index in [2.05, 4.69) is 35.9 Å². The Morgan fingerprint density at radius 1 is 0.744 bits per heavy atom. The van der Waals surface area contributed by atoms with Gasteiger partial charge in [-0.1, -0.05) is 11.6 Å². The normalized spacial score (nSPS) is 13.7. The van der Waals surface area contributed by atoms with Gasteiger partial charge in [-0.2, -0.15) is 0 Å². The first kappa shape index (κ1) is 32.9. The number of amides is 2. The second-order valence-electron chi connectivity index (χ2n) is 11.3. The molecule has 2 aromatic rings. The molecule has 0 atom stereocenters. The standard InChI is InChI=1S/C13H19ClN4O.C7H6Cl2N2.C6H14N2O/c1-13(2,3)18-10(19)7-15-11-8-5-4-6-9(8)16-12(14)17-11;8-6-4-2-1-3-5(4)10-7(9)11-6;1-6(2,3)8-5(9)4-7/h4-7H2,1-3H3,(H,18,19)(H,15,16,17);1-3H2;4,7H2,1-3H3,(H,8,9). The Kier molecular flexibility index (Phi) is 12.2. The Balaban J connectivity index is 0.000000226. The summed E-state index contributed by atoms with van der Waals surface area (Å²) in [6, 6.07) is 0. The molecule has 0 saturated carbocycles. The number of carbonyl (C=O) groups is 2. The summed E-state index contributed by atoms with van der Waals surface area (Å²) in [6.45, 7) is 11.9. The molecule has 0 aliphatic heterocycles. The molecule has 0 saturated heterocycles. The Labute approximate surface area is 245 Å². The highest BCUT2D eigenvalue weighted by molar-refractivity contribution is 6.32. The molecule has 2 aromatic heterocycles. The number of nitrogens with two attached hydrogens (primary N) is 1. The number of halogens is 3. The maximum absolute atomic E-state index is 11.8. The molecular weight excluding hydrogens is 563 g/mol. The topological polar surface area (TPSA) is 148 Å². The van der Waals surface area contributed by atoms with E-state index < -0.39 is 0 Å². The van der Waals surface area contributed by atoms with Crippen LogP contribution in [-0.2, 0) is 35.3 Å². The monoisotopic (exact) mass is 600 g/mol. The zero-order chi connectivity index (χ0) is 29.4. The van der Waals surface area contributed by atoms with Crippen molar-refractivity contribution in [3.8, 4) is 0 Å². The van der Waals surface area contributed by atoms with E-state index in [0.29, 0.717) is 11.0 Å². The van der Waals surface area contributed by atoms with Crippen LogP contribution in [0.25, 0.3) is 0 Å². The predicted molar refractivity (Wildman–Crippen MR) is 156 cm³/mol. The molecule has 0 spiro atoms. The third-order valence-corrected chi connectivity index (χ3v) is 6.04. The van der Waals surface area contributed by atoms with Crippen molar-refractivity contribution < 1.29 is 9.59 Å². The third kappa shape index (κ3) is 11.8. The summed E-state index contributed by atoms with van der Waals surface area (Å²) in [6.07, 6.45) is 6.02. The van der Waals surface area contributed by atoms with Crippen molar-refractivity contribution in [1.82, 2.24) is 30.6 Å². The minimum atomic E-state index is -0.232. The second-order valence-corrected chi connectivity index (χ2v) is 12.4. The van der Waals surface area contributed by atoms with Crippen molar-refractivity contribution in [1.29, 1.82) is 0 Å². The highest BCUT2D eigenvalue weighted by Gasteiger charge is 2.20. The lowest BCUT2D eigenvalue weighted by Crippen LogP contribution is -2.43. The summed E-state index contributed by atoms with van der Waals surface area (Å²) in [5.74, 6) is 0.521. The lowest BCUT2D eigenvalue weighted by molar-refractivity contribution is -0.121. The van der Waals surface area contributed by atoms with Gasteiger partial charge in [-0.05, 0) is 103 Å². The molecule has 0 unspecified atom stereocenters. The molecule has 13 heteroatoms. The number of aromatic nitrogens is 4. The Bertz CT molecular complexity index is 1160. The van der Waals surface area contributed by atoms with Crippen molar-refractivity contribution >= 4 is 52.4 Å². The van der Waals surface area contributed by atoms with Gasteiger partial charge in [0.2, 0.25) is 22.4 Å². The maximum Gasteiger partial charge on any atom is 0.239 e. The lowest BCUT2D eigenvalue weighted by atomic mass is 10.1. The van der Waals surface area contributed by atoms with E-state index in [1.165, 1.54) is 0 Å². The number of aryl methyl sites for hydroxylation is 2. The molecule has 10 nitrogen and oxygen atoms in total. The van der Waals surface area contributed by atoms with Gasteiger partial charge in [-0.3, -0.25) is 9.59 Å². The van der Waals surface area contributed by atoms with Gasteiger partial charge in [0.1, 0.15) is 11.0 Å². The summed E-state index contributed by atoms with van der Waals surface area (Å²) >= 11 is 17.3. The van der Waals surface area contributed by atoms with Gasteiger partial charge in [0.15, 0.2) is 0 Å². The molecular formula is C26H39Cl3N8O2. The van der Waals surface area contributed by atoms with Crippen LogP contribution in [-0.4, -0.2) is 55.9 Å². The quantitative estimate of drug-likeness (QED) is 0.303. The van der Waals surface area contributed by atoms with Crippen molar-refractivity contribution in [3.05, 3.63) is 38.2 Å². The van der Waals surface area contributed by atoms with Crippen LogP contribution >= 0.6 is 34.8 Å². The fourth-order valence-electron chi connectivity index (χ4n) is 4.00. The first-order valence-corrected chi connectivity index (χ1v) is 14.0. The third-order valence-electron chi connectivity index (χ3n) is 5.39. The van der Waals surface area contributed by atoms with Crippen LogP contribution in [0.2, 0.25) is 15.7 Å². The van der Waals surface area contributed by atoms with Gasteiger partial charge in [-0.25, -0.2) is 19.9 Å². The van der Waals surface area contributed by atoms with Gasteiger partial charge in [0.05, 0.1) is 24.5 Å². The number of carbonyl (C=O) groups excluding carboxylic acids is 2. The molecule has 39 heavy (non-hydrogen) atoms. The number of fused-ring (bicyclic) bond motifs is 2. The van der Waals surface area contributed by atoms with Crippen molar-refractivity contribution in [2.75, 3.05) is 18.4 Å². The molecule has 0 radical (unpaired) electrons. The Morgan fingerprint density at radius 2 is 1.23 bits per heavy atom. The minimum Gasteiger partial charge on any atom is -0.361 e. The molecule has 2 heterocycles. The van der Waals surface area contributed by atoms with Crippen LogP contribution in [0.4, 0.5) is 5.82 Å². The van der Waals surface area contributed by atoms with Gasteiger partial charge in [0, 0.05) is 22.2 Å². The van der Waals surface area contributed by atoms with Gasteiger partial charge < -0.3 is 21.7 Å². The highest BCUT2D eigenvalue weighted by atomic mass is 35.5. The fraction of sp³-hybridized carbons (Fsp3) is 0.615. The summed E-state index contributed by atoms with van der Waals surface area (Å²) in [5.41, 5.74) is 8.87. The molecule has 5 N–H and O–H groups in total. The van der Waals surface area contributed by atoms with E-state index >= 15 is 0 Å². The first-order chi connectivity index (χ1) is 18.1. The van der Waals surface area contributed by atoms with E-state index in [0.717, 1.165) is 61.0 Å². The SMILES string of the molecule is CC(C)(C)NC(=O)CN.CC(C)(C)NC(=O)CNc1nc(Cl)nc2c1CCC2.Clc1nc(Cl)c2c(n1)CCC2. The van der Waals surface area contributed by atoms with Crippen LogP contribution in [0.1, 0.15) is 76.9 Å². The summed E-state index contributed by atoms with van der Waals surface area (Å²) in [4.78, 5) is 38.7. The number of hydrogen-bond donors (Lipinski definition) is 4. The van der Waals surface area contributed by atoms with Crippen LogP contribution in [0.15, 0.2) is 0 Å². The smallest absolute Gasteiger partial charge is 0.239 e. The van der Waals surface area contributed by atoms with E-state index in [1.54, 1.807) is 0 Å². The van der Waals surface area contributed by atoms with E-state index in [9.17, 15) is 9.59 Å². The Hall–Kier alpha value is -2.27. The second kappa shape index (κ2) is 14.4.